The van der Waals surface area contributed by atoms with E-state index in [1.54, 1.807) is 0 Å². The van der Waals surface area contributed by atoms with Crippen LogP contribution in [0.25, 0.3) is 0 Å². The van der Waals surface area contributed by atoms with Crippen molar-refractivity contribution in [2.45, 2.75) is 57.1 Å². The highest BCUT2D eigenvalue weighted by Crippen LogP contribution is 2.43. The third kappa shape index (κ3) is 1.89. The SMILES string of the molecule is CCCN1CCCCC1C1(O)CC1. The summed E-state index contributed by atoms with van der Waals surface area (Å²) < 4.78 is 0. The van der Waals surface area contributed by atoms with Crippen LogP contribution in [0.15, 0.2) is 0 Å². The number of likely N-dealkylation sites (tertiary alicyclic amines) is 1. The van der Waals surface area contributed by atoms with Gasteiger partial charge in [0.05, 0.1) is 5.60 Å². The molecule has 0 aromatic heterocycles. The molecule has 1 aliphatic carbocycles. The van der Waals surface area contributed by atoms with E-state index in [9.17, 15) is 5.11 Å². The molecule has 0 spiro atoms. The molecule has 1 aliphatic heterocycles. The predicted molar refractivity (Wildman–Crippen MR) is 53.7 cm³/mol. The van der Waals surface area contributed by atoms with Gasteiger partial charge in [0, 0.05) is 6.04 Å². The summed E-state index contributed by atoms with van der Waals surface area (Å²) in [5.41, 5.74) is -0.282. The number of hydrogen-bond acceptors (Lipinski definition) is 2. The number of nitrogens with zero attached hydrogens (tertiary/aromatic N) is 1. The molecule has 2 aliphatic rings. The van der Waals surface area contributed by atoms with E-state index in [4.69, 9.17) is 0 Å². The minimum atomic E-state index is -0.282. The van der Waals surface area contributed by atoms with Crippen LogP contribution in [0.1, 0.15) is 45.4 Å². The molecule has 13 heavy (non-hydrogen) atoms. The maximum atomic E-state index is 10.1. The van der Waals surface area contributed by atoms with Crippen molar-refractivity contribution in [3.8, 4) is 0 Å². The third-order valence-corrected chi connectivity index (χ3v) is 3.51. The molecule has 2 nitrogen and oxygen atoms in total. The van der Waals surface area contributed by atoms with Gasteiger partial charge in [-0.15, -0.1) is 0 Å². The van der Waals surface area contributed by atoms with E-state index in [2.05, 4.69) is 11.8 Å². The lowest BCUT2D eigenvalue weighted by Crippen LogP contribution is -2.48. The van der Waals surface area contributed by atoms with Gasteiger partial charge in [0.1, 0.15) is 0 Å². The van der Waals surface area contributed by atoms with Crippen molar-refractivity contribution in [2.24, 2.45) is 0 Å². The number of piperidine rings is 1. The predicted octanol–water partition coefficient (Wildman–Crippen LogP) is 1.78. The molecule has 0 aromatic carbocycles. The van der Waals surface area contributed by atoms with Crippen LogP contribution >= 0.6 is 0 Å². The molecule has 1 unspecified atom stereocenters. The molecule has 1 atom stereocenters. The maximum Gasteiger partial charge on any atom is 0.0804 e. The summed E-state index contributed by atoms with van der Waals surface area (Å²) in [7, 11) is 0. The monoisotopic (exact) mass is 183 g/mol. The van der Waals surface area contributed by atoms with Gasteiger partial charge in [0.25, 0.3) is 0 Å². The molecule has 0 amide bonds. The molecule has 1 saturated carbocycles. The smallest absolute Gasteiger partial charge is 0.0804 e. The van der Waals surface area contributed by atoms with E-state index in [1.807, 2.05) is 0 Å². The first-order valence-corrected chi connectivity index (χ1v) is 5.73. The highest BCUT2D eigenvalue weighted by Gasteiger charge is 2.50. The van der Waals surface area contributed by atoms with Crippen molar-refractivity contribution in [1.82, 2.24) is 4.90 Å². The average Bonchev–Trinajstić information content (AvgIpc) is 2.86. The Bertz CT molecular complexity index is 175. The number of hydrogen-bond donors (Lipinski definition) is 1. The van der Waals surface area contributed by atoms with Crippen LogP contribution in [0.5, 0.6) is 0 Å². The van der Waals surface area contributed by atoms with E-state index in [0.29, 0.717) is 6.04 Å². The van der Waals surface area contributed by atoms with Crippen LogP contribution in [-0.2, 0) is 0 Å². The molecule has 1 saturated heterocycles. The molecular formula is C11H21NO. The van der Waals surface area contributed by atoms with Gasteiger partial charge in [0.2, 0.25) is 0 Å². The van der Waals surface area contributed by atoms with Gasteiger partial charge in [-0.05, 0) is 45.2 Å². The summed E-state index contributed by atoms with van der Waals surface area (Å²) in [6.45, 7) is 4.61. The molecule has 0 bridgehead atoms. The molecule has 1 heterocycles. The minimum Gasteiger partial charge on any atom is -0.388 e. The Kier molecular flexibility index (Phi) is 2.61. The Morgan fingerprint density at radius 3 is 2.77 bits per heavy atom. The van der Waals surface area contributed by atoms with Crippen LogP contribution in [0.3, 0.4) is 0 Å². The lowest BCUT2D eigenvalue weighted by molar-refractivity contribution is 0.00817. The largest absolute Gasteiger partial charge is 0.388 e. The Morgan fingerprint density at radius 1 is 1.38 bits per heavy atom. The van der Waals surface area contributed by atoms with E-state index < -0.39 is 0 Å². The number of rotatable bonds is 3. The summed E-state index contributed by atoms with van der Waals surface area (Å²) in [5, 5.41) is 10.1. The summed E-state index contributed by atoms with van der Waals surface area (Å²) in [6, 6.07) is 0.487. The van der Waals surface area contributed by atoms with E-state index in [1.165, 1.54) is 38.8 Å². The van der Waals surface area contributed by atoms with Gasteiger partial charge >= 0.3 is 0 Å². The molecule has 0 aromatic rings. The van der Waals surface area contributed by atoms with Crippen LogP contribution < -0.4 is 0 Å². The molecule has 0 radical (unpaired) electrons. The van der Waals surface area contributed by atoms with Crippen molar-refractivity contribution < 1.29 is 5.11 Å². The molecule has 1 N–H and O–H groups in total. The van der Waals surface area contributed by atoms with Gasteiger partial charge in [-0.2, -0.15) is 0 Å². The van der Waals surface area contributed by atoms with E-state index in [0.717, 1.165) is 12.8 Å². The summed E-state index contributed by atoms with van der Waals surface area (Å²) >= 11 is 0. The zero-order valence-electron chi connectivity index (χ0n) is 8.63. The van der Waals surface area contributed by atoms with Gasteiger partial charge in [-0.25, -0.2) is 0 Å². The van der Waals surface area contributed by atoms with Gasteiger partial charge < -0.3 is 5.11 Å². The summed E-state index contributed by atoms with van der Waals surface area (Å²) in [5.74, 6) is 0. The zero-order chi connectivity index (χ0) is 9.31. The van der Waals surface area contributed by atoms with Crippen molar-refractivity contribution >= 4 is 0 Å². The third-order valence-electron chi connectivity index (χ3n) is 3.51. The second-order valence-electron chi connectivity index (χ2n) is 4.65. The second kappa shape index (κ2) is 3.58. The normalized spacial score (nSPS) is 33.2. The first-order valence-electron chi connectivity index (χ1n) is 5.73. The van der Waals surface area contributed by atoms with E-state index >= 15 is 0 Å². The van der Waals surface area contributed by atoms with Crippen molar-refractivity contribution in [3.63, 3.8) is 0 Å². The first-order chi connectivity index (χ1) is 6.26. The highest BCUT2D eigenvalue weighted by molar-refractivity contribution is 5.05. The Labute approximate surface area is 80.9 Å². The Hall–Kier alpha value is -0.0800. The topological polar surface area (TPSA) is 23.5 Å². The molecular weight excluding hydrogens is 162 g/mol. The first kappa shape index (κ1) is 9.47. The highest BCUT2D eigenvalue weighted by atomic mass is 16.3. The fourth-order valence-corrected chi connectivity index (χ4v) is 2.62. The van der Waals surface area contributed by atoms with Crippen molar-refractivity contribution in [3.05, 3.63) is 0 Å². The average molecular weight is 183 g/mol. The van der Waals surface area contributed by atoms with Gasteiger partial charge in [0.15, 0.2) is 0 Å². The Morgan fingerprint density at radius 2 is 2.15 bits per heavy atom. The molecule has 2 heteroatoms. The van der Waals surface area contributed by atoms with Crippen LogP contribution in [0.2, 0.25) is 0 Å². The quantitative estimate of drug-likeness (QED) is 0.721. The molecule has 76 valence electrons. The number of aliphatic hydroxyl groups is 1. The molecule has 2 rings (SSSR count). The summed E-state index contributed by atoms with van der Waals surface area (Å²) in [6.07, 6.45) is 7.15. The van der Waals surface area contributed by atoms with Crippen LogP contribution in [-0.4, -0.2) is 34.7 Å². The Balaban J connectivity index is 1.96. The van der Waals surface area contributed by atoms with Crippen LogP contribution in [0.4, 0.5) is 0 Å². The fraction of sp³-hybridized carbons (Fsp3) is 1.00. The van der Waals surface area contributed by atoms with Gasteiger partial charge in [-0.1, -0.05) is 13.3 Å². The molecule has 2 fully saturated rings. The zero-order valence-corrected chi connectivity index (χ0v) is 8.63. The lowest BCUT2D eigenvalue weighted by atomic mass is 9.95. The maximum absolute atomic E-state index is 10.1. The fourth-order valence-electron chi connectivity index (χ4n) is 2.62. The summed E-state index contributed by atoms with van der Waals surface area (Å²) in [4.78, 5) is 2.51. The van der Waals surface area contributed by atoms with Gasteiger partial charge in [-0.3, -0.25) is 4.90 Å². The standard InChI is InChI=1S/C11H21NO/c1-2-8-12-9-4-3-5-10(12)11(13)6-7-11/h10,13H,2-9H2,1H3. The van der Waals surface area contributed by atoms with E-state index in [-0.39, 0.29) is 5.60 Å². The lowest BCUT2D eigenvalue weighted by Gasteiger charge is -2.38. The second-order valence-corrected chi connectivity index (χ2v) is 4.65. The minimum absolute atomic E-state index is 0.282. The van der Waals surface area contributed by atoms with Crippen molar-refractivity contribution in [1.29, 1.82) is 0 Å². The van der Waals surface area contributed by atoms with Crippen molar-refractivity contribution in [2.75, 3.05) is 13.1 Å². The van der Waals surface area contributed by atoms with Crippen LogP contribution in [0, 0.1) is 0 Å².